The van der Waals surface area contributed by atoms with E-state index in [1.165, 1.54) is 0 Å². The van der Waals surface area contributed by atoms with E-state index in [1.807, 2.05) is 6.92 Å². The average molecular weight is 193 g/mol. The van der Waals surface area contributed by atoms with E-state index in [4.69, 9.17) is 4.55 Å². The molecule has 0 bridgehead atoms. The Morgan fingerprint density at radius 3 is 2.33 bits per heavy atom. The molecule has 0 heterocycles. The smallest absolute Gasteiger partial charge is 0.267 e. The van der Waals surface area contributed by atoms with Gasteiger partial charge in [0.15, 0.2) is 0 Å². The molecular formula is C8H17O3S. The summed E-state index contributed by atoms with van der Waals surface area (Å²) in [6.07, 6.45) is 3.68. The molecule has 0 fully saturated rings. The van der Waals surface area contributed by atoms with Gasteiger partial charge in [0.25, 0.3) is 10.1 Å². The molecule has 4 heteroatoms. The summed E-state index contributed by atoms with van der Waals surface area (Å²) < 4.78 is 30.1. The van der Waals surface area contributed by atoms with Gasteiger partial charge in [-0.1, -0.05) is 33.1 Å². The zero-order chi connectivity index (χ0) is 9.61. The summed E-state index contributed by atoms with van der Waals surface area (Å²) in [5, 5.41) is -0.663. The summed E-state index contributed by atoms with van der Waals surface area (Å²) in [5.74, 6) is 0. The minimum absolute atomic E-state index is 0.253. The molecule has 0 aliphatic rings. The molecule has 0 aliphatic carbocycles. The Labute approximate surface area is 74.9 Å². The largest absolute Gasteiger partial charge is 0.285 e. The predicted octanol–water partition coefficient (Wildman–Crippen LogP) is 2.05. The van der Waals surface area contributed by atoms with Crippen molar-refractivity contribution in [3.05, 3.63) is 6.92 Å². The third kappa shape index (κ3) is 4.72. The van der Waals surface area contributed by atoms with E-state index in [1.54, 1.807) is 0 Å². The topological polar surface area (TPSA) is 54.4 Å². The Kier molecular flexibility index (Phi) is 5.50. The van der Waals surface area contributed by atoms with Crippen LogP contribution >= 0.6 is 0 Å². The molecule has 3 nitrogen and oxygen atoms in total. The molecule has 0 aromatic carbocycles. The van der Waals surface area contributed by atoms with Crippen LogP contribution in [0.1, 0.15) is 39.0 Å². The normalized spacial score (nSPS) is 14.6. The van der Waals surface area contributed by atoms with Crippen molar-refractivity contribution < 1.29 is 13.0 Å². The van der Waals surface area contributed by atoms with Crippen molar-refractivity contribution in [3.63, 3.8) is 0 Å². The summed E-state index contributed by atoms with van der Waals surface area (Å²) in [7, 11) is -3.86. The molecule has 0 aliphatic heterocycles. The van der Waals surface area contributed by atoms with Gasteiger partial charge in [0.05, 0.1) is 5.25 Å². The molecular weight excluding hydrogens is 176 g/mol. The van der Waals surface area contributed by atoms with Crippen LogP contribution < -0.4 is 0 Å². The average Bonchev–Trinajstić information content (AvgIpc) is 1.95. The molecule has 1 atom stereocenters. The maximum absolute atomic E-state index is 10.7. The van der Waals surface area contributed by atoms with Crippen LogP contribution in [0.3, 0.4) is 0 Å². The second-order valence-corrected chi connectivity index (χ2v) is 4.62. The Bertz CT molecular complexity index is 196. The second kappa shape index (κ2) is 5.54. The van der Waals surface area contributed by atoms with Gasteiger partial charge in [0, 0.05) is 0 Å². The first-order valence-corrected chi connectivity index (χ1v) is 5.78. The summed E-state index contributed by atoms with van der Waals surface area (Å²) in [5.41, 5.74) is 0. The monoisotopic (exact) mass is 193 g/mol. The van der Waals surface area contributed by atoms with E-state index in [0.29, 0.717) is 6.42 Å². The van der Waals surface area contributed by atoms with Crippen LogP contribution in [-0.4, -0.2) is 18.2 Å². The Morgan fingerprint density at radius 2 is 2.00 bits per heavy atom. The van der Waals surface area contributed by atoms with Crippen molar-refractivity contribution in [2.75, 3.05) is 0 Å². The van der Waals surface area contributed by atoms with Gasteiger partial charge in [-0.25, -0.2) is 0 Å². The van der Waals surface area contributed by atoms with Crippen LogP contribution in [0.15, 0.2) is 0 Å². The SMILES string of the molecule is [CH2]CC(CCCCC)S(=O)(=O)O. The quantitative estimate of drug-likeness (QED) is 0.519. The summed E-state index contributed by atoms with van der Waals surface area (Å²) >= 11 is 0. The molecule has 12 heavy (non-hydrogen) atoms. The van der Waals surface area contributed by atoms with Gasteiger partial charge in [0.2, 0.25) is 0 Å². The van der Waals surface area contributed by atoms with Gasteiger partial charge < -0.3 is 0 Å². The lowest BCUT2D eigenvalue weighted by atomic mass is 10.1. The molecule has 0 spiro atoms. The number of hydrogen-bond donors (Lipinski definition) is 1. The van der Waals surface area contributed by atoms with Gasteiger partial charge in [-0.2, -0.15) is 8.42 Å². The highest BCUT2D eigenvalue weighted by Crippen LogP contribution is 2.12. The first-order valence-electron chi connectivity index (χ1n) is 4.28. The predicted molar refractivity (Wildman–Crippen MR) is 49.5 cm³/mol. The maximum atomic E-state index is 10.7. The van der Waals surface area contributed by atoms with Crippen molar-refractivity contribution in [3.8, 4) is 0 Å². The van der Waals surface area contributed by atoms with Crippen LogP contribution in [0.2, 0.25) is 0 Å². The zero-order valence-electron chi connectivity index (χ0n) is 7.49. The third-order valence-electron chi connectivity index (χ3n) is 1.87. The lowest BCUT2D eigenvalue weighted by Crippen LogP contribution is -2.19. The zero-order valence-corrected chi connectivity index (χ0v) is 8.31. The number of hydrogen-bond acceptors (Lipinski definition) is 2. The van der Waals surface area contributed by atoms with Crippen molar-refractivity contribution >= 4 is 10.1 Å². The molecule has 1 unspecified atom stereocenters. The summed E-state index contributed by atoms with van der Waals surface area (Å²) in [6.45, 7) is 5.54. The highest BCUT2D eigenvalue weighted by molar-refractivity contribution is 7.86. The first kappa shape index (κ1) is 11.9. The van der Waals surface area contributed by atoms with Crippen molar-refractivity contribution in [1.82, 2.24) is 0 Å². The van der Waals surface area contributed by atoms with Crippen molar-refractivity contribution in [2.45, 2.75) is 44.3 Å². The summed E-state index contributed by atoms with van der Waals surface area (Å²) in [6, 6.07) is 0. The van der Waals surface area contributed by atoms with E-state index in [2.05, 4.69) is 6.92 Å². The van der Waals surface area contributed by atoms with E-state index >= 15 is 0 Å². The van der Waals surface area contributed by atoms with Gasteiger partial charge in [-0.15, -0.1) is 0 Å². The molecule has 0 amide bonds. The lowest BCUT2D eigenvalue weighted by Gasteiger charge is -2.09. The molecule has 1 N–H and O–H groups in total. The van der Waals surface area contributed by atoms with E-state index < -0.39 is 15.4 Å². The Balaban J connectivity index is 3.85. The molecule has 0 aromatic rings. The Hall–Kier alpha value is -0.0900. The van der Waals surface area contributed by atoms with E-state index in [0.717, 1.165) is 19.3 Å². The fourth-order valence-corrected chi connectivity index (χ4v) is 1.83. The van der Waals surface area contributed by atoms with Gasteiger partial charge in [0.1, 0.15) is 0 Å². The van der Waals surface area contributed by atoms with Crippen LogP contribution in [-0.2, 0) is 10.1 Å². The van der Waals surface area contributed by atoms with Crippen LogP contribution in [0, 0.1) is 6.92 Å². The molecule has 0 saturated carbocycles. The number of rotatable bonds is 6. The van der Waals surface area contributed by atoms with Crippen LogP contribution in [0.25, 0.3) is 0 Å². The van der Waals surface area contributed by atoms with Crippen LogP contribution in [0.4, 0.5) is 0 Å². The fourth-order valence-electron chi connectivity index (χ4n) is 1.06. The van der Waals surface area contributed by atoms with E-state index in [9.17, 15) is 8.42 Å². The highest BCUT2D eigenvalue weighted by Gasteiger charge is 2.19. The third-order valence-corrected chi connectivity index (χ3v) is 3.19. The number of unbranched alkanes of at least 4 members (excludes halogenated alkanes) is 2. The van der Waals surface area contributed by atoms with Gasteiger partial charge in [-0.3, -0.25) is 4.55 Å². The van der Waals surface area contributed by atoms with Gasteiger partial charge >= 0.3 is 0 Å². The minimum Gasteiger partial charge on any atom is -0.285 e. The Morgan fingerprint density at radius 1 is 1.42 bits per heavy atom. The second-order valence-electron chi connectivity index (χ2n) is 2.92. The van der Waals surface area contributed by atoms with Crippen molar-refractivity contribution in [2.24, 2.45) is 0 Å². The molecule has 0 saturated heterocycles. The fraction of sp³-hybridized carbons (Fsp3) is 0.875. The highest BCUT2D eigenvalue weighted by atomic mass is 32.2. The standard InChI is InChI=1S/C8H17O3S/c1-3-5-6-7-8(4-2)12(9,10)11/h8H,2-7H2,1H3,(H,9,10,11). The van der Waals surface area contributed by atoms with E-state index in [-0.39, 0.29) is 6.42 Å². The molecule has 0 rings (SSSR count). The molecule has 1 radical (unpaired) electrons. The lowest BCUT2D eigenvalue weighted by molar-refractivity contribution is 0.457. The van der Waals surface area contributed by atoms with Crippen LogP contribution in [0.5, 0.6) is 0 Å². The molecule has 73 valence electrons. The first-order chi connectivity index (χ1) is 5.52. The summed E-state index contributed by atoms with van der Waals surface area (Å²) in [4.78, 5) is 0. The van der Waals surface area contributed by atoms with Gasteiger partial charge in [-0.05, 0) is 12.8 Å². The molecule has 0 aromatic heterocycles. The maximum Gasteiger partial charge on any atom is 0.267 e. The minimum atomic E-state index is -3.86. The van der Waals surface area contributed by atoms with Crippen molar-refractivity contribution in [1.29, 1.82) is 0 Å².